The van der Waals surface area contributed by atoms with Crippen molar-refractivity contribution >= 4 is 35.6 Å². The van der Waals surface area contributed by atoms with Crippen LogP contribution in [0, 0.1) is 12.8 Å². The average molecular weight is 541 g/mol. The minimum Gasteiger partial charge on any atom is -0.394 e. The predicted molar refractivity (Wildman–Crippen MR) is 146 cm³/mol. The first-order valence-corrected chi connectivity index (χ1v) is 12.7. The largest absolute Gasteiger partial charge is 0.394 e. The summed E-state index contributed by atoms with van der Waals surface area (Å²) in [5.74, 6) is -1.65. The topological polar surface area (TPSA) is 184 Å². The molecule has 2 unspecified atom stereocenters. The minimum absolute atomic E-state index is 0.0841. The Morgan fingerprint density at radius 3 is 2.54 bits per heavy atom. The fourth-order valence-electron chi connectivity index (χ4n) is 3.88. The zero-order chi connectivity index (χ0) is 28.4. The van der Waals surface area contributed by atoms with E-state index in [1.165, 1.54) is 0 Å². The SMILES string of the molecule is Cc1cccc(C=NNc2cc(N3CCOCC3)nc(C(=O)NC(CO)C(=O)NC(CC(C)C)C(N)=O)n2)c1. The number of primary amides is 1. The van der Waals surface area contributed by atoms with Crippen LogP contribution < -0.4 is 26.7 Å². The van der Waals surface area contributed by atoms with E-state index in [-0.39, 0.29) is 17.6 Å². The number of hydrazone groups is 1. The number of aliphatic hydroxyl groups excluding tert-OH is 1. The molecule has 2 aromatic rings. The number of rotatable bonds is 12. The minimum atomic E-state index is -1.35. The Labute approximate surface area is 227 Å². The summed E-state index contributed by atoms with van der Waals surface area (Å²) >= 11 is 0. The first-order valence-electron chi connectivity index (χ1n) is 12.7. The first kappa shape index (κ1) is 29.5. The highest BCUT2D eigenvalue weighted by molar-refractivity contribution is 5.96. The monoisotopic (exact) mass is 540 g/mol. The van der Waals surface area contributed by atoms with Gasteiger partial charge in [0.15, 0.2) is 5.82 Å². The van der Waals surface area contributed by atoms with Crippen LogP contribution in [0.1, 0.15) is 42.0 Å². The fraction of sp³-hybridized carbons (Fsp3) is 0.462. The smallest absolute Gasteiger partial charge is 0.289 e. The second kappa shape index (κ2) is 14.2. The molecule has 210 valence electrons. The molecule has 3 amide bonds. The summed E-state index contributed by atoms with van der Waals surface area (Å²) in [6.45, 7) is 7.17. The van der Waals surface area contributed by atoms with Crippen LogP contribution in [-0.2, 0) is 14.3 Å². The van der Waals surface area contributed by atoms with Crippen LogP contribution in [-0.4, -0.2) is 84.0 Å². The Hall–Kier alpha value is -4.10. The molecular weight excluding hydrogens is 504 g/mol. The highest BCUT2D eigenvalue weighted by atomic mass is 16.5. The third kappa shape index (κ3) is 9.00. The molecule has 0 radical (unpaired) electrons. The molecule has 0 saturated carbocycles. The van der Waals surface area contributed by atoms with Crippen molar-refractivity contribution in [3.05, 3.63) is 47.3 Å². The average Bonchev–Trinajstić information content (AvgIpc) is 2.91. The van der Waals surface area contributed by atoms with Crippen molar-refractivity contribution in [1.29, 1.82) is 0 Å². The molecule has 1 fully saturated rings. The molecule has 2 heterocycles. The van der Waals surface area contributed by atoms with Crippen LogP contribution in [0.3, 0.4) is 0 Å². The third-order valence-corrected chi connectivity index (χ3v) is 5.86. The van der Waals surface area contributed by atoms with Crippen LogP contribution in [0.4, 0.5) is 11.6 Å². The second-order valence-electron chi connectivity index (χ2n) is 9.62. The molecule has 39 heavy (non-hydrogen) atoms. The lowest BCUT2D eigenvalue weighted by Crippen LogP contribution is -2.54. The van der Waals surface area contributed by atoms with Gasteiger partial charge < -0.3 is 31.1 Å². The summed E-state index contributed by atoms with van der Waals surface area (Å²) in [6, 6.07) is 7.14. The highest BCUT2D eigenvalue weighted by Gasteiger charge is 2.27. The van der Waals surface area contributed by atoms with Crippen molar-refractivity contribution in [2.45, 2.75) is 39.3 Å². The first-order chi connectivity index (χ1) is 18.7. The summed E-state index contributed by atoms with van der Waals surface area (Å²) in [5, 5.41) is 19.0. The summed E-state index contributed by atoms with van der Waals surface area (Å²) in [5.41, 5.74) is 10.2. The number of carbonyl (C=O) groups excluding carboxylic acids is 3. The number of anilines is 2. The summed E-state index contributed by atoms with van der Waals surface area (Å²) in [7, 11) is 0. The normalized spacial score (nSPS) is 15.2. The number of nitrogens with zero attached hydrogens (tertiary/aromatic N) is 4. The van der Waals surface area contributed by atoms with E-state index in [0.717, 1.165) is 11.1 Å². The fourth-order valence-corrected chi connectivity index (χ4v) is 3.88. The molecule has 6 N–H and O–H groups in total. The van der Waals surface area contributed by atoms with E-state index in [9.17, 15) is 19.5 Å². The molecule has 0 bridgehead atoms. The van der Waals surface area contributed by atoms with Gasteiger partial charge in [-0.2, -0.15) is 5.10 Å². The van der Waals surface area contributed by atoms with Gasteiger partial charge in [-0.1, -0.05) is 43.7 Å². The number of benzene rings is 1. The van der Waals surface area contributed by atoms with Crippen molar-refractivity contribution in [3.8, 4) is 0 Å². The number of aliphatic hydroxyl groups is 1. The van der Waals surface area contributed by atoms with E-state index in [4.69, 9.17) is 10.5 Å². The van der Waals surface area contributed by atoms with Crippen molar-refractivity contribution in [3.63, 3.8) is 0 Å². The maximum atomic E-state index is 13.1. The van der Waals surface area contributed by atoms with Gasteiger partial charge in [-0.05, 0) is 24.8 Å². The standard InChI is InChI=1S/C26H36N8O5/c1-16(2)11-19(23(27)36)29-25(37)20(15-35)30-26(38)24-31-21(13-22(32-24)34-7-9-39-10-8-34)33-28-14-18-6-4-5-17(3)12-18/h4-6,12-14,16,19-20,35H,7-11,15H2,1-3H3,(H2,27,36)(H,29,37)(H,30,38)(H,31,32,33). The highest BCUT2D eigenvalue weighted by Crippen LogP contribution is 2.18. The molecule has 0 aliphatic carbocycles. The van der Waals surface area contributed by atoms with Crippen molar-refractivity contribution in [2.24, 2.45) is 16.8 Å². The van der Waals surface area contributed by atoms with Crippen molar-refractivity contribution < 1.29 is 24.2 Å². The van der Waals surface area contributed by atoms with E-state index < -0.39 is 36.4 Å². The molecule has 0 spiro atoms. The van der Waals surface area contributed by atoms with Crippen LogP contribution >= 0.6 is 0 Å². The Balaban J connectivity index is 1.79. The van der Waals surface area contributed by atoms with E-state index in [2.05, 4.69) is 31.1 Å². The quantitative estimate of drug-likeness (QED) is 0.185. The maximum Gasteiger partial charge on any atom is 0.289 e. The van der Waals surface area contributed by atoms with Gasteiger partial charge in [-0.15, -0.1) is 0 Å². The lowest BCUT2D eigenvalue weighted by atomic mass is 10.0. The van der Waals surface area contributed by atoms with Gasteiger partial charge in [0.25, 0.3) is 5.91 Å². The lowest BCUT2D eigenvalue weighted by Gasteiger charge is -2.28. The van der Waals surface area contributed by atoms with Gasteiger partial charge in [-0.25, -0.2) is 9.97 Å². The zero-order valence-corrected chi connectivity index (χ0v) is 22.4. The third-order valence-electron chi connectivity index (χ3n) is 5.86. The van der Waals surface area contributed by atoms with Gasteiger partial charge in [-0.3, -0.25) is 19.8 Å². The van der Waals surface area contributed by atoms with Crippen LogP contribution in [0.25, 0.3) is 0 Å². The molecule has 1 aromatic heterocycles. The van der Waals surface area contributed by atoms with Crippen LogP contribution in [0.5, 0.6) is 0 Å². The number of aryl methyl sites for hydroxylation is 1. The summed E-state index contributed by atoms with van der Waals surface area (Å²) in [4.78, 5) is 48.2. The van der Waals surface area contributed by atoms with E-state index >= 15 is 0 Å². The van der Waals surface area contributed by atoms with Gasteiger partial charge in [0.1, 0.15) is 17.9 Å². The summed E-state index contributed by atoms with van der Waals surface area (Å²) < 4.78 is 5.41. The van der Waals surface area contributed by atoms with Gasteiger partial charge in [0.2, 0.25) is 17.6 Å². The number of hydrogen-bond donors (Lipinski definition) is 5. The molecule has 1 aliphatic rings. The summed E-state index contributed by atoms with van der Waals surface area (Å²) in [6.07, 6.45) is 1.94. The van der Waals surface area contributed by atoms with Gasteiger partial charge >= 0.3 is 0 Å². The van der Waals surface area contributed by atoms with Crippen molar-refractivity contribution in [1.82, 2.24) is 20.6 Å². The Morgan fingerprint density at radius 1 is 1.15 bits per heavy atom. The number of morpholine rings is 1. The number of amides is 3. The molecule has 1 aliphatic heterocycles. The lowest BCUT2D eigenvalue weighted by molar-refractivity contribution is -0.129. The number of carbonyl (C=O) groups is 3. The van der Waals surface area contributed by atoms with E-state index in [0.29, 0.717) is 38.5 Å². The predicted octanol–water partition coefficient (Wildman–Crippen LogP) is 0.175. The molecular formula is C26H36N8O5. The van der Waals surface area contributed by atoms with Gasteiger partial charge in [0, 0.05) is 19.2 Å². The Kier molecular flexibility index (Phi) is 10.7. The number of hydrogen-bond acceptors (Lipinski definition) is 10. The number of nitrogens with two attached hydrogens (primary N) is 1. The van der Waals surface area contributed by atoms with Crippen molar-refractivity contribution in [2.75, 3.05) is 43.2 Å². The Morgan fingerprint density at radius 2 is 1.90 bits per heavy atom. The van der Waals surface area contributed by atoms with E-state index in [1.807, 2.05) is 49.9 Å². The molecule has 13 heteroatoms. The Bertz CT molecular complexity index is 1180. The molecule has 13 nitrogen and oxygen atoms in total. The number of nitrogens with one attached hydrogen (secondary N) is 3. The van der Waals surface area contributed by atoms with Crippen LogP contribution in [0.15, 0.2) is 35.4 Å². The van der Waals surface area contributed by atoms with E-state index in [1.54, 1.807) is 12.3 Å². The number of ether oxygens (including phenoxy) is 1. The van der Waals surface area contributed by atoms with Gasteiger partial charge in [0.05, 0.1) is 26.0 Å². The second-order valence-corrected chi connectivity index (χ2v) is 9.62. The molecule has 1 saturated heterocycles. The molecule has 1 aromatic carbocycles. The zero-order valence-electron chi connectivity index (χ0n) is 22.4. The van der Waals surface area contributed by atoms with Crippen LogP contribution in [0.2, 0.25) is 0 Å². The number of aromatic nitrogens is 2. The molecule has 3 rings (SSSR count). The maximum absolute atomic E-state index is 13.1. The molecule has 2 atom stereocenters.